The van der Waals surface area contributed by atoms with Gasteiger partial charge in [-0.25, -0.2) is 0 Å². The summed E-state index contributed by atoms with van der Waals surface area (Å²) in [6.45, 7) is -0.278. The lowest BCUT2D eigenvalue weighted by molar-refractivity contribution is 1.14. The monoisotopic (exact) mass is 1370 g/mol. The lowest BCUT2D eigenvalue weighted by Gasteiger charge is -2.45. The molecular weight excluding hydrogens is 1310 g/mol. The molecule has 6 heteroatoms. The molecule has 0 radical (unpaired) electrons. The molecular formula is C102H68BN5. The van der Waals surface area contributed by atoms with E-state index in [0.29, 0.717) is 0 Å². The van der Waals surface area contributed by atoms with Crippen LogP contribution < -0.4 is 31.1 Å². The van der Waals surface area contributed by atoms with Crippen molar-refractivity contribution in [3.63, 3.8) is 0 Å². The average molecular weight is 1370 g/mol. The van der Waals surface area contributed by atoms with Gasteiger partial charge in [0, 0.05) is 55.7 Å². The minimum absolute atomic E-state index is 0.278. The molecule has 0 unspecified atom stereocenters. The summed E-state index contributed by atoms with van der Waals surface area (Å²) in [5.74, 6) is 0. The van der Waals surface area contributed by atoms with Crippen molar-refractivity contribution < 1.29 is 0 Å². The summed E-state index contributed by atoms with van der Waals surface area (Å²) in [7, 11) is 0. The van der Waals surface area contributed by atoms with E-state index in [-0.39, 0.29) is 6.71 Å². The van der Waals surface area contributed by atoms with Crippen molar-refractivity contribution in [1.29, 1.82) is 0 Å². The summed E-state index contributed by atoms with van der Waals surface area (Å²) in [5, 5.41) is 4.73. The Morgan fingerprint density at radius 1 is 0.176 bits per heavy atom. The van der Waals surface area contributed by atoms with Crippen molar-refractivity contribution in [1.82, 2.24) is 9.13 Å². The predicted octanol–water partition coefficient (Wildman–Crippen LogP) is 25.4. The van der Waals surface area contributed by atoms with Crippen LogP contribution >= 0.6 is 0 Å². The van der Waals surface area contributed by atoms with Crippen LogP contribution in [0, 0.1) is 0 Å². The molecule has 5 nitrogen and oxygen atoms in total. The molecule has 0 saturated heterocycles. The lowest BCUT2D eigenvalue weighted by Crippen LogP contribution is -2.61. The van der Waals surface area contributed by atoms with Crippen LogP contribution in [0.15, 0.2) is 413 Å². The molecule has 0 bridgehead atoms. The Morgan fingerprint density at radius 3 is 0.722 bits per heavy atom. The third kappa shape index (κ3) is 10.4. The van der Waals surface area contributed by atoms with Gasteiger partial charge in [-0.2, -0.15) is 0 Å². The van der Waals surface area contributed by atoms with E-state index in [1.54, 1.807) is 0 Å². The number of nitrogens with zero attached hydrogens (tertiary/aromatic N) is 5. The highest BCUT2D eigenvalue weighted by Gasteiger charge is 2.45. The smallest absolute Gasteiger partial charge is 0.252 e. The van der Waals surface area contributed by atoms with Gasteiger partial charge >= 0.3 is 0 Å². The molecule has 108 heavy (non-hydrogen) atoms. The molecule has 0 aliphatic carbocycles. The molecule has 0 spiro atoms. The molecule has 21 rings (SSSR count). The van der Waals surface area contributed by atoms with Gasteiger partial charge in [-0.3, -0.25) is 0 Å². The number of fused-ring (bicyclic) bond motifs is 10. The standard InChI is InChI=1S/C102H68BN5/c1-9-29-69(30-10-1)75-53-59-90-88(61-75)103-89-62-76(70-31-11-2-12-32-70)54-60-91(89)106(93-46-26-28-48-95(93)108-98-65-79(73-37-17-5-18-38-73)51-57-86(98)87-58-52-80(66-99(87)108)74-39-19-6-20-40-74)101-68-83(104(81-41-21-7-22-42-81)82-43-23-8-24-44-82)67-100(102(101)103)105(90)92-45-25-27-47-94(92)107-96-63-77(71-33-13-3-14-34-71)49-55-84(96)85-56-50-78(64-97(85)107)72-35-15-4-16-36-72/h1-68H. The first-order chi connectivity index (χ1) is 53.6. The van der Waals surface area contributed by atoms with E-state index in [4.69, 9.17) is 0 Å². The fraction of sp³-hybridized carbons (Fsp3) is 0. The second kappa shape index (κ2) is 25.9. The number of benzene rings is 17. The van der Waals surface area contributed by atoms with Crippen molar-refractivity contribution in [2.24, 2.45) is 0 Å². The van der Waals surface area contributed by atoms with Crippen LogP contribution in [0.4, 0.5) is 51.2 Å². The molecule has 2 aliphatic rings. The summed E-state index contributed by atoms with van der Waals surface area (Å²) in [5.41, 5.74) is 33.6. The quantitative estimate of drug-likeness (QED) is 0.107. The zero-order valence-electron chi connectivity index (χ0n) is 59.1. The van der Waals surface area contributed by atoms with E-state index in [1.165, 1.54) is 60.2 Å². The Hall–Kier alpha value is -14.2. The maximum Gasteiger partial charge on any atom is 0.252 e. The Kier molecular flexibility index (Phi) is 15.0. The average Bonchev–Trinajstić information content (AvgIpc) is 0.697. The maximum absolute atomic E-state index is 2.63. The molecule has 2 aliphatic heterocycles. The van der Waals surface area contributed by atoms with E-state index in [1.807, 2.05) is 0 Å². The number of anilines is 9. The van der Waals surface area contributed by atoms with Crippen LogP contribution in [0.3, 0.4) is 0 Å². The zero-order chi connectivity index (χ0) is 71.2. The minimum Gasteiger partial charge on any atom is -0.310 e. The van der Waals surface area contributed by atoms with E-state index in [9.17, 15) is 0 Å². The summed E-state index contributed by atoms with van der Waals surface area (Å²) in [6, 6.07) is 153. The van der Waals surface area contributed by atoms with Gasteiger partial charge in [0.2, 0.25) is 0 Å². The van der Waals surface area contributed by atoms with Crippen molar-refractivity contribution in [2.75, 3.05) is 14.7 Å². The van der Waals surface area contributed by atoms with Crippen LogP contribution in [0.1, 0.15) is 0 Å². The maximum atomic E-state index is 2.63. The first kappa shape index (κ1) is 62.4. The number of para-hydroxylation sites is 6. The molecule has 4 heterocycles. The molecule has 19 aromatic rings. The van der Waals surface area contributed by atoms with Crippen LogP contribution in [0.5, 0.6) is 0 Å². The third-order valence-corrected chi connectivity index (χ3v) is 22.2. The summed E-state index contributed by atoms with van der Waals surface area (Å²) in [6.07, 6.45) is 0. The Bertz CT molecular complexity index is 6070. The molecule has 17 aromatic carbocycles. The predicted molar refractivity (Wildman–Crippen MR) is 456 cm³/mol. The SMILES string of the molecule is c1ccc(-c2ccc3c(c2)B2c4cc(-c5ccccc5)ccc4N(c4ccccc4-n4c5cc(-c6ccccc6)ccc5c5ccc(-c6ccccc6)cc54)c4cc(N(c5ccccc5)c5ccccc5)cc(c42)N3c2ccccc2-n2c3cc(-c4ccccc4)ccc3c3ccc(-c4ccccc4)cc32)cc1. The number of hydrogen-bond donors (Lipinski definition) is 0. The van der Waals surface area contributed by atoms with Crippen LogP contribution in [0.25, 0.3) is 122 Å². The molecule has 0 N–H and O–H groups in total. The van der Waals surface area contributed by atoms with Crippen LogP contribution in [0.2, 0.25) is 0 Å². The van der Waals surface area contributed by atoms with Crippen LogP contribution in [-0.4, -0.2) is 15.8 Å². The van der Waals surface area contributed by atoms with Gasteiger partial charge in [0.15, 0.2) is 0 Å². The van der Waals surface area contributed by atoms with Gasteiger partial charge < -0.3 is 23.8 Å². The van der Waals surface area contributed by atoms with Crippen molar-refractivity contribution >= 4 is 118 Å². The molecule has 0 amide bonds. The first-order valence-corrected chi connectivity index (χ1v) is 37.2. The second-order valence-corrected chi connectivity index (χ2v) is 28.3. The molecule has 0 saturated carbocycles. The van der Waals surface area contributed by atoms with Crippen molar-refractivity contribution in [3.8, 4) is 78.1 Å². The Balaban J connectivity index is 0.900. The normalized spacial score (nSPS) is 12.2. The van der Waals surface area contributed by atoms with Gasteiger partial charge in [0.05, 0.1) is 50.5 Å². The number of aromatic nitrogens is 2. The lowest BCUT2D eigenvalue weighted by atomic mass is 9.33. The van der Waals surface area contributed by atoms with Gasteiger partial charge in [0.25, 0.3) is 6.71 Å². The van der Waals surface area contributed by atoms with Crippen molar-refractivity contribution in [3.05, 3.63) is 413 Å². The van der Waals surface area contributed by atoms with E-state index in [2.05, 4.69) is 436 Å². The van der Waals surface area contributed by atoms with Crippen LogP contribution in [-0.2, 0) is 0 Å². The second-order valence-electron chi connectivity index (χ2n) is 28.3. The minimum atomic E-state index is -0.278. The summed E-state index contributed by atoms with van der Waals surface area (Å²) >= 11 is 0. The largest absolute Gasteiger partial charge is 0.310 e. The zero-order valence-corrected chi connectivity index (χ0v) is 59.1. The number of rotatable bonds is 13. The Labute approximate surface area is 628 Å². The topological polar surface area (TPSA) is 19.6 Å². The molecule has 0 atom stereocenters. The van der Waals surface area contributed by atoms with E-state index < -0.39 is 0 Å². The van der Waals surface area contributed by atoms with E-state index in [0.717, 1.165) is 129 Å². The highest BCUT2D eigenvalue weighted by atomic mass is 15.2. The van der Waals surface area contributed by atoms with Gasteiger partial charge in [-0.05, 0) is 180 Å². The third-order valence-electron chi connectivity index (χ3n) is 22.2. The molecule has 504 valence electrons. The first-order valence-electron chi connectivity index (χ1n) is 37.2. The Morgan fingerprint density at radius 2 is 0.426 bits per heavy atom. The van der Waals surface area contributed by atoms with Crippen molar-refractivity contribution in [2.45, 2.75) is 0 Å². The highest BCUT2D eigenvalue weighted by molar-refractivity contribution is 7.00. The van der Waals surface area contributed by atoms with E-state index >= 15 is 0 Å². The fourth-order valence-electron chi connectivity index (χ4n) is 17.3. The fourth-order valence-corrected chi connectivity index (χ4v) is 17.3. The highest BCUT2D eigenvalue weighted by Crippen LogP contribution is 2.53. The molecule has 2 aromatic heterocycles. The summed E-state index contributed by atoms with van der Waals surface area (Å²) in [4.78, 5) is 7.71. The molecule has 0 fully saturated rings. The van der Waals surface area contributed by atoms with Gasteiger partial charge in [0.1, 0.15) is 0 Å². The number of hydrogen-bond acceptors (Lipinski definition) is 3. The van der Waals surface area contributed by atoms with Gasteiger partial charge in [-0.1, -0.05) is 315 Å². The van der Waals surface area contributed by atoms with Gasteiger partial charge in [-0.15, -0.1) is 0 Å². The summed E-state index contributed by atoms with van der Waals surface area (Å²) < 4.78 is 5.11.